The van der Waals surface area contributed by atoms with Crippen LogP contribution in [0.4, 0.5) is 10.1 Å². The molecule has 96 valence electrons. The molecular formula is C13H20FNOS. The number of nitrogen functional groups attached to an aromatic ring is 1. The van der Waals surface area contributed by atoms with Gasteiger partial charge in [-0.1, -0.05) is 13.8 Å². The highest BCUT2D eigenvalue weighted by Crippen LogP contribution is 2.32. The van der Waals surface area contributed by atoms with Crippen LogP contribution in [0, 0.1) is 11.7 Å². The molecule has 0 radical (unpaired) electrons. The number of nitrogens with two attached hydrogens (primary N) is 1. The molecule has 4 heteroatoms. The van der Waals surface area contributed by atoms with E-state index in [1.165, 1.54) is 6.07 Å². The average molecular weight is 257 g/mol. The van der Waals surface area contributed by atoms with Crippen LogP contribution in [0.15, 0.2) is 17.0 Å². The average Bonchev–Trinajstić information content (AvgIpc) is 2.24. The van der Waals surface area contributed by atoms with E-state index in [0.717, 1.165) is 17.1 Å². The molecule has 1 aromatic rings. The molecule has 1 aromatic carbocycles. The third-order valence-corrected chi connectivity index (χ3v) is 3.42. The molecule has 0 fully saturated rings. The Labute approximate surface area is 107 Å². The Morgan fingerprint density at radius 2 is 2.12 bits per heavy atom. The van der Waals surface area contributed by atoms with E-state index >= 15 is 0 Å². The van der Waals surface area contributed by atoms with Crippen LogP contribution in [0.3, 0.4) is 0 Å². The van der Waals surface area contributed by atoms with Crippen molar-refractivity contribution < 1.29 is 9.13 Å². The minimum atomic E-state index is -0.391. The van der Waals surface area contributed by atoms with Crippen LogP contribution in [0.1, 0.15) is 27.2 Å². The van der Waals surface area contributed by atoms with Crippen LogP contribution in [-0.2, 0) is 0 Å². The van der Waals surface area contributed by atoms with Gasteiger partial charge in [-0.05, 0) is 31.1 Å². The third-order valence-electron chi connectivity index (χ3n) is 2.32. The molecule has 0 aromatic heterocycles. The van der Waals surface area contributed by atoms with Crippen LogP contribution in [0.2, 0.25) is 0 Å². The zero-order chi connectivity index (χ0) is 12.8. The molecule has 0 aliphatic heterocycles. The monoisotopic (exact) mass is 257 g/mol. The van der Waals surface area contributed by atoms with Crippen molar-refractivity contribution in [3.8, 4) is 5.75 Å². The Kier molecular flexibility index (Phi) is 5.62. The fourth-order valence-corrected chi connectivity index (χ4v) is 2.57. The molecule has 0 aliphatic carbocycles. The van der Waals surface area contributed by atoms with Gasteiger partial charge in [0.2, 0.25) is 0 Å². The minimum Gasteiger partial charge on any atom is -0.491 e. The fourth-order valence-electron chi connectivity index (χ4n) is 1.35. The van der Waals surface area contributed by atoms with Gasteiger partial charge in [0.25, 0.3) is 0 Å². The lowest BCUT2D eigenvalue weighted by Gasteiger charge is -2.11. The topological polar surface area (TPSA) is 35.2 Å². The third kappa shape index (κ3) is 4.46. The van der Waals surface area contributed by atoms with E-state index in [1.807, 2.05) is 6.92 Å². The molecule has 0 saturated carbocycles. The van der Waals surface area contributed by atoms with E-state index in [9.17, 15) is 4.39 Å². The highest BCUT2D eigenvalue weighted by atomic mass is 32.2. The van der Waals surface area contributed by atoms with E-state index in [0.29, 0.717) is 18.2 Å². The highest BCUT2D eigenvalue weighted by Gasteiger charge is 2.09. The van der Waals surface area contributed by atoms with E-state index in [1.54, 1.807) is 17.8 Å². The Balaban J connectivity index is 2.73. The Morgan fingerprint density at radius 3 is 2.71 bits per heavy atom. The lowest BCUT2D eigenvalue weighted by Crippen LogP contribution is -1.98. The number of rotatable bonds is 6. The highest BCUT2D eigenvalue weighted by molar-refractivity contribution is 7.99. The first-order valence-electron chi connectivity index (χ1n) is 5.89. The molecule has 17 heavy (non-hydrogen) atoms. The lowest BCUT2D eigenvalue weighted by molar-refractivity contribution is 0.321. The molecule has 0 atom stereocenters. The number of thioether (sulfide) groups is 1. The van der Waals surface area contributed by atoms with Gasteiger partial charge >= 0.3 is 0 Å². The fraction of sp³-hybridized carbons (Fsp3) is 0.538. The first-order chi connectivity index (χ1) is 8.04. The van der Waals surface area contributed by atoms with Gasteiger partial charge in [-0.3, -0.25) is 0 Å². The summed E-state index contributed by atoms with van der Waals surface area (Å²) in [7, 11) is 0. The van der Waals surface area contributed by atoms with Gasteiger partial charge in [-0.2, -0.15) is 0 Å². The van der Waals surface area contributed by atoms with Crippen LogP contribution < -0.4 is 10.5 Å². The summed E-state index contributed by atoms with van der Waals surface area (Å²) in [6, 6.07) is 3.03. The smallest absolute Gasteiger partial charge is 0.167 e. The molecule has 0 spiro atoms. The van der Waals surface area contributed by atoms with Crippen molar-refractivity contribution in [1.29, 1.82) is 0 Å². The van der Waals surface area contributed by atoms with Crippen molar-refractivity contribution in [2.75, 3.05) is 18.1 Å². The van der Waals surface area contributed by atoms with E-state index in [4.69, 9.17) is 10.5 Å². The van der Waals surface area contributed by atoms with Gasteiger partial charge in [0.15, 0.2) is 11.6 Å². The van der Waals surface area contributed by atoms with Crippen molar-refractivity contribution in [2.24, 2.45) is 5.92 Å². The van der Waals surface area contributed by atoms with Gasteiger partial charge in [0, 0.05) is 16.6 Å². The van der Waals surface area contributed by atoms with E-state index in [2.05, 4.69) is 13.8 Å². The first-order valence-corrected chi connectivity index (χ1v) is 6.87. The van der Waals surface area contributed by atoms with Crippen LogP contribution in [0.25, 0.3) is 0 Å². The molecule has 0 heterocycles. The summed E-state index contributed by atoms with van der Waals surface area (Å²) in [5.74, 6) is 1.54. The van der Waals surface area contributed by atoms with Crippen LogP contribution >= 0.6 is 11.8 Å². The molecule has 0 aliphatic rings. The summed E-state index contributed by atoms with van der Waals surface area (Å²) < 4.78 is 18.7. The first kappa shape index (κ1) is 14.2. The van der Waals surface area contributed by atoms with Crippen LogP contribution in [0.5, 0.6) is 5.75 Å². The van der Waals surface area contributed by atoms with Crippen LogP contribution in [-0.4, -0.2) is 12.4 Å². The summed E-state index contributed by atoms with van der Waals surface area (Å²) in [5.41, 5.74) is 6.27. The number of hydrogen-bond acceptors (Lipinski definition) is 3. The maximum Gasteiger partial charge on any atom is 0.167 e. The molecule has 0 amide bonds. The van der Waals surface area contributed by atoms with Gasteiger partial charge < -0.3 is 10.5 Å². The minimum absolute atomic E-state index is 0.286. The number of ether oxygens (including phenoxy) is 1. The summed E-state index contributed by atoms with van der Waals surface area (Å²) in [6.45, 7) is 6.65. The summed E-state index contributed by atoms with van der Waals surface area (Å²) >= 11 is 1.65. The maximum absolute atomic E-state index is 13.5. The Morgan fingerprint density at radius 1 is 1.41 bits per heavy atom. The van der Waals surface area contributed by atoms with E-state index in [-0.39, 0.29) is 5.75 Å². The predicted molar refractivity (Wildman–Crippen MR) is 72.2 cm³/mol. The molecule has 0 bridgehead atoms. The second-order valence-electron chi connectivity index (χ2n) is 4.28. The van der Waals surface area contributed by atoms with Crippen molar-refractivity contribution in [1.82, 2.24) is 0 Å². The molecule has 2 nitrogen and oxygen atoms in total. The summed E-state index contributed by atoms with van der Waals surface area (Å²) in [5, 5.41) is 0. The number of hydrogen-bond donors (Lipinski definition) is 1. The molecule has 2 N–H and O–H groups in total. The maximum atomic E-state index is 13.5. The van der Waals surface area contributed by atoms with Crippen molar-refractivity contribution >= 4 is 17.4 Å². The second kappa shape index (κ2) is 6.74. The quantitative estimate of drug-likeness (QED) is 0.619. The van der Waals surface area contributed by atoms with E-state index < -0.39 is 5.82 Å². The standard InChI is InChI=1S/C13H20FNOS/c1-4-16-12-8-13(11(15)7-10(12)14)17-6-5-9(2)3/h7-9H,4-6,15H2,1-3H3. The van der Waals surface area contributed by atoms with Gasteiger partial charge in [0.1, 0.15) is 0 Å². The number of benzene rings is 1. The second-order valence-corrected chi connectivity index (χ2v) is 5.42. The Bertz CT molecular complexity index is 369. The molecule has 0 unspecified atom stereocenters. The number of halogens is 1. The zero-order valence-electron chi connectivity index (χ0n) is 10.6. The predicted octanol–water partition coefficient (Wildman–Crippen LogP) is 3.94. The normalized spacial score (nSPS) is 10.9. The van der Waals surface area contributed by atoms with Gasteiger partial charge in [-0.25, -0.2) is 4.39 Å². The van der Waals surface area contributed by atoms with Crippen molar-refractivity contribution in [3.05, 3.63) is 17.9 Å². The summed E-state index contributed by atoms with van der Waals surface area (Å²) in [4.78, 5) is 0.899. The zero-order valence-corrected chi connectivity index (χ0v) is 11.4. The largest absolute Gasteiger partial charge is 0.491 e. The van der Waals surface area contributed by atoms with Crippen molar-refractivity contribution in [2.45, 2.75) is 32.1 Å². The molecule has 1 rings (SSSR count). The molecule has 0 saturated heterocycles. The summed E-state index contributed by atoms with van der Waals surface area (Å²) in [6.07, 6.45) is 1.12. The van der Waals surface area contributed by atoms with Crippen molar-refractivity contribution in [3.63, 3.8) is 0 Å². The molecular weight excluding hydrogens is 237 g/mol. The SMILES string of the molecule is CCOc1cc(SCCC(C)C)c(N)cc1F. The lowest BCUT2D eigenvalue weighted by atomic mass is 10.2. The Hall–Kier alpha value is -0.900. The number of anilines is 1. The van der Waals surface area contributed by atoms with Gasteiger partial charge in [0.05, 0.1) is 6.61 Å². The van der Waals surface area contributed by atoms with Gasteiger partial charge in [-0.15, -0.1) is 11.8 Å².